The highest BCUT2D eigenvalue weighted by Crippen LogP contribution is 2.36. The van der Waals surface area contributed by atoms with Crippen molar-refractivity contribution in [2.24, 2.45) is 0 Å². The van der Waals surface area contributed by atoms with E-state index < -0.39 is 29.6 Å². The monoisotopic (exact) mass is 457 g/mol. The van der Waals surface area contributed by atoms with Crippen molar-refractivity contribution in [3.8, 4) is 0 Å². The standard InChI is InChI=1S/C20H21ClFNO6S/c1-3-17(24)23(19(26)11-6-4-5-7-12(11)20(27)28)15-9-16(13(21)8-14(15)22)30-10-18(25)29-2/h8-9H,3-7,10H2,1-2H3,(H,27,28). The van der Waals surface area contributed by atoms with Crippen LogP contribution in [0.1, 0.15) is 39.0 Å². The number of carboxylic acid groups (broad SMARTS) is 1. The average Bonchev–Trinajstić information content (AvgIpc) is 2.73. The molecule has 0 fully saturated rings. The maximum Gasteiger partial charge on any atom is 0.332 e. The third-order valence-electron chi connectivity index (χ3n) is 4.55. The highest BCUT2D eigenvalue weighted by atomic mass is 35.5. The zero-order chi connectivity index (χ0) is 22.4. The number of hydrogen-bond acceptors (Lipinski definition) is 6. The van der Waals surface area contributed by atoms with Crippen molar-refractivity contribution in [2.75, 3.05) is 17.8 Å². The number of thioether (sulfide) groups is 1. The van der Waals surface area contributed by atoms with E-state index in [4.69, 9.17) is 11.6 Å². The second-order valence-electron chi connectivity index (χ2n) is 6.46. The van der Waals surface area contributed by atoms with Gasteiger partial charge >= 0.3 is 11.9 Å². The highest BCUT2D eigenvalue weighted by molar-refractivity contribution is 8.00. The van der Waals surface area contributed by atoms with Gasteiger partial charge < -0.3 is 9.84 Å². The number of amides is 2. The lowest BCUT2D eigenvalue weighted by Crippen LogP contribution is -2.39. The van der Waals surface area contributed by atoms with E-state index in [2.05, 4.69) is 4.74 Å². The van der Waals surface area contributed by atoms with E-state index in [0.29, 0.717) is 17.7 Å². The van der Waals surface area contributed by atoms with Crippen LogP contribution in [0.25, 0.3) is 0 Å². The minimum Gasteiger partial charge on any atom is -0.478 e. The van der Waals surface area contributed by atoms with E-state index in [1.54, 1.807) is 0 Å². The molecule has 0 unspecified atom stereocenters. The van der Waals surface area contributed by atoms with Gasteiger partial charge in [0.05, 0.1) is 23.6 Å². The number of esters is 1. The maximum absolute atomic E-state index is 14.8. The molecule has 1 aliphatic carbocycles. The normalized spacial score (nSPS) is 13.7. The number of halogens is 2. The first-order valence-electron chi connectivity index (χ1n) is 9.22. The molecule has 1 N–H and O–H groups in total. The Labute approximate surface area is 182 Å². The molecule has 0 atom stereocenters. The summed E-state index contributed by atoms with van der Waals surface area (Å²) in [5.41, 5.74) is -0.407. The summed E-state index contributed by atoms with van der Waals surface area (Å²) in [4.78, 5) is 49.7. The first-order chi connectivity index (χ1) is 14.2. The summed E-state index contributed by atoms with van der Waals surface area (Å²) in [5, 5.41) is 9.44. The molecule has 7 nitrogen and oxygen atoms in total. The van der Waals surface area contributed by atoms with Crippen LogP contribution in [-0.4, -0.2) is 41.7 Å². The minimum atomic E-state index is -1.23. The molecule has 0 radical (unpaired) electrons. The Kier molecular flexibility index (Phi) is 8.43. The smallest absolute Gasteiger partial charge is 0.332 e. The van der Waals surface area contributed by atoms with Crippen LogP contribution in [0.4, 0.5) is 10.1 Å². The molecule has 162 valence electrons. The number of benzene rings is 1. The first kappa shape index (κ1) is 23.9. The Morgan fingerprint density at radius 1 is 1.20 bits per heavy atom. The van der Waals surface area contributed by atoms with Crippen molar-refractivity contribution < 1.29 is 33.4 Å². The highest BCUT2D eigenvalue weighted by Gasteiger charge is 2.32. The number of imide groups is 1. The average molecular weight is 458 g/mol. The first-order valence-corrected chi connectivity index (χ1v) is 10.6. The van der Waals surface area contributed by atoms with E-state index in [0.717, 1.165) is 17.8 Å². The van der Waals surface area contributed by atoms with Gasteiger partial charge in [-0.2, -0.15) is 0 Å². The lowest BCUT2D eigenvalue weighted by molar-refractivity contribution is -0.137. The van der Waals surface area contributed by atoms with E-state index >= 15 is 0 Å². The molecular formula is C20H21ClFNO6S. The predicted molar refractivity (Wildman–Crippen MR) is 110 cm³/mol. The Balaban J connectivity index is 2.54. The second kappa shape index (κ2) is 10.6. The van der Waals surface area contributed by atoms with E-state index in [9.17, 15) is 28.7 Å². The quantitative estimate of drug-likeness (QED) is 0.488. The van der Waals surface area contributed by atoms with Crippen LogP contribution >= 0.6 is 23.4 Å². The number of carboxylic acids is 1. The number of nitrogens with zero attached hydrogens (tertiary/aromatic N) is 1. The van der Waals surface area contributed by atoms with Gasteiger partial charge in [-0.25, -0.2) is 14.1 Å². The summed E-state index contributed by atoms with van der Waals surface area (Å²) >= 11 is 7.01. The molecule has 0 saturated heterocycles. The fourth-order valence-corrected chi connectivity index (χ4v) is 4.12. The second-order valence-corrected chi connectivity index (χ2v) is 7.88. The number of carbonyl (C=O) groups excluding carboxylic acids is 3. The molecule has 0 bridgehead atoms. The van der Waals surface area contributed by atoms with Gasteiger partial charge in [0.25, 0.3) is 5.91 Å². The van der Waals surface area contributed by atoms with Crippen LogP contribution in [0.3, 0.4) is 0 Å². The summed E-state index contributed by atoms with van der Waals surface area (Å²) in [7, 11) is 1.22. The molecule has 0 aliphatic heterocycles. The number of anilines is 1. The summed E-state index contributed by atoms with van der Waals surface area (Å²) in [6.07, 6.45) is 1.49. The number of methoxy groups -OCH3 is 1. The summed E-state index contributed by atoms with van der Waals surface area (Å²) in [6.45, 7) is 1.51. The largest absolute Gasteiger partial charge is 0.478 e. The molecular weight excluding hydrogens is 437 g/mol. The molecule has 30 heavy (non-hydrogen) atoms. The number of hydrogen-bond donors (Lipinski definition) is 1. The van der Waals surface area contributed by atoms with Gasteiger partial charge in [-0.05, 0) is 37.8 Å². The Morgan fingerprint density at radius 3 is 2.40 bits per heavy atom. The molecule has 0 heterocycles. The number of carbonyl (C=O) groups is 4. The fraction of sp³-hybridized carbons (Fsp3) is 0.400. The molecule has 0 aromatic heterocycles. The van der Waals surface area contributed by atoms with Gasteiger partial charge in [0, 0.05) is 22.5 Å². The zero-order valence-corrected chi connectivity index (χ0v) is 18.1. The maximum atomic E-state index is 14.8. The van der Waals surface area contributed by atoms with Crippen molar-refractivity contribution >= 4 is 52.8 Å². The SMILES string of the molecule is CCC(=O)N(C(=O)C1=C(C(=O)O)CCCC1)c1cc(SCC(=O)OC)c(Cl)cc1F. The van der Waals surface area contributed by atoms with Crippen LogP contribution in [0.5, 0.6) is 0 Å². The Bertz CT molecular complexity index is 917. The molecule has 1 aromatic carbocycles. The number of ether oxygens (including phenoxy) is 1. The number of aliphatic carboxylic acids is 1. The van der Waals surface area contributed by atoms with Gasteiger partial charge in [-0.15, -0.1) is 11.8 Å². The molecule has 0 spiro atoms. The van der Waals surface area contributed by atoms with Crippen LogP contribution in [0.15, 0.2) is 28.2 Å². The van der Waals surface area contributed by atoms with E-state index in [-0.39, 0.29) is 51.8 Å². The fourth-order valence-electron chi connectivity index (χ4n) is 3.02. The lowest BCUT2D eigenvalue weighted by Gasteiger charge is -2.26. The van der Waals surface area contributed by atoms with Crippen LogP contribution in [0.2, 0.25) is 5.02 Å². The third-order valence-corrected chi connectivity index (χ3v) is 6.01. The van der Waals surface area contributed by atoms with Crippen molar-refractivity contribution in [1.82, 2.24) is 0 Å². The molecule has 10 heteroatoms. The molecule has 2 amide bonds. The summed E-state index contributed by atoms with van der Waals surface area (Å²) < 4.78 is 19.3. The topological polar surface area (TPSA) is 101 Å². The summed E-state index contributed by atoms with van der Waals surface area (Å²) in [5.74, 6) is -4.32. The van der Waals surface area contributed by atoms with Gasteiger partial charge in [0.2, 0.25) is 5.91 Å². The van der Waals surface area contributed by atoms with Gasteiger partial charge in [-0.3, -0.25) is 14.4 Å². The molecule has 1 aliphatic rings. The molecule has 0 saturated carbocycles. The lowest BCUT2D eigenvalue weighted by atomic mass is 9.90. The van der Waals surface area contributed by atoms with Crippen LogP contribution < -0.4 is 4.90 Å². The van der Waals surface area contributed by atoms with Crippen LogP contribution in [-0.2, 0) is 23.9 Å². The summed E-state index contributed by atoms with van der Waals surface area (Å²) in [6, 6.07) is 2.16. The van der Waals surface area contributed by atoms with Crippen molar-refractivity contribution in [2.45, 2.75) is 43.9 Å². The minimum absolute atomic E-state index is 0.00427. The molecule has 1 aromatic rings. The number of rotatable bonds is 7. The van der Waals surface area contributed by atoms with Gasteiger partial charge in [-0.1, -0.05) is 18.5 Å². The predicted octanol–water partition coefficient (Wildman–Crippen LogP) is 3.97. The van der Waals surface area contributed by atoms with Crippen molar-refractivity contribution in [3.63, 3.8) is 0 Å². The van der Waals surface area contributed by atoms with Crippen molar-refractivity contribution in [1.29, 1.82) is 0 Å². The van der Waals surface area contributed by atoms with Crippen molar-refractivity contribution in [3.05, 3.63) is 34.1 Å². The van der Waals surface area contributed by atoms with E-state index in [1.165, 1.54) is 20.1 Å². The van der Waals surface area contributed by atoms with Gasteiger partial charge in [0.15, 0.2) is 0 Å². The Morgan fingerprint density at radius 2 is 1.83 bits per heavy atom. The third kappa shape index (κ3) is 5.40. The zero-order valence-electron chi connectivity index (χ0n) is 16.5. The van der Waals surface area contributed by atoms with Gasteiger partial charge in [0.1, 0.15) is 5.82 Å². The van der Waals surface area contributed by atoms with E-state index in [1.807, 2.05) is 0 Å². The van der Waals surface area contributed by atoms with Crippen LogP contribution in [0, 0.1) is 5.82 Å². The Hall–Kier alpha value is -2.39. The molecule has 2 rings (SSSR count).